The van der Waals surface area contributed by atoms with Crippen LogP contribution in [0.3, 0.4) is 0 Å². The molecule has 1 atom stereocenters. The average Bonchev–Trinajstić information content (AvgIpc) is 2.95. The molecule has 20 heavy (non-hydrogen) atoms. The molecule has 1 amide bonds. The van der Waals surface area contributed by atoms with Gasteiger partial charge in [0.15, 0.2) is 0 Å². The van der Waals surface area contributed by atoms with Gasteiger partial charge in [0.25, 0.3) is 0 Å². The molecule has 0 unspecified atom stereocenters. The van der Waals surface area contributed by atoms with E-state index in [0.29, 0.717) is 13.0 Å². The molecule has 0 bridgehead atoms. The Kier molecular flexibility index (Phi) is 4.40. The van der Waals surface area contributed by atoms with Gasteiger partial charge < -0.3 is 14.7 Å². The van der Waals surface area contributed by atoms with Crippen molar-refractivity contribution in [2.75, 3.05) is 20.2 Å². The summed E-state index contributed by atoms with van der Waals surface area (Å²) in [7, 11) is 1.59. The van der Waals surface area contributed by atoms with Crippen LogP contribution in [0.25, 0.3) is 6.08 Å². The molecule has 0 saturated carbocycles. The maximum atomic E-state index is 12.0. The summed E-state index contributed by atoms with van der Waals surface area (Å²) in [5.74, 6) is -0.704. The predicted octanol–water partition coefficient (Wildman–Crippen LogP) is 1.64. The molecule has 1 saturated heterocycles. The number of carboxylic acids is 1. The van der Waals surface area contributed by atoms with E-state index in [2.05, 4.69) is 0 Å². The number of methoxy groups -OCH3 is 1. The highest BCUT2D eigenvalue weighted by molar-refractivity contribution is 5.92. The lowest BCUT2D eigenvalue weighted by Crippen LogP contribution is -2.28. The van der Waals surface area contributed by atoms with Crippen LogP contribution in [0.4, 0.5) is 0 Å². The molecule has 5 nitrogen and oxygen atoms in total. The Morgan fingerprint density at radius 3 is 2.90 bits per heavy atom. The van der Waals surface area contributed by atoms with Gasteiger partial charge >= 0.3 is 5.97 Å². The molecule has 1 N–H and O–H groups in total. The number of carbonyl (C=O) groups excluding carboxylic acids is 1. The minimum Gasteiger partial charge on any atom is -0.497 e. The lowest BCUT2D eigenvalue weighted by molar-refractivity contribution is -0.141. The Labute approximate surface area is 117 Å². The number of likely N-dealkylation sites (tertiary alicyclic amines) is 1. The minimum absolute atomic E-state index is 0.156. The second kappa shape index (κ2) is 6.23. The maximum Gasteiger partial charge on any atom is 0.308 e. The topological polar surface area (TPSA) is 66.8 Å². The minimum atomic E-state index is -0.836. The first-order chi connectivity index (χ1) is 9.60. The van der Waals surface area contributed by atoms with Crippen LogP contribution in [0, 0.1) is 5.92 Å². The van der Waals surface area contributed by atoms with Crippen molar-refractivity contribution in [3.8, 4) is 5.75 Å². The molecule has 1 aliphatic rings. The molecule has 1 aliphatic heterocycles. The van der Waals surface area contributed by atoms with Gasteiger partial charge in [0.05, 0.1) is 13.0 Å². The number of rotatable bonds is 4. The van der Waals surface area contributed by atoms with Gasteiger partial charge in [-0.25, -0.2) is 0 Å². The first kappa shape index (κ1) is 14.1. The molecule has 2 rings (SSSR count). The highest BCUT2D eigenvalue weighted by Gasteiger charge is 2.29. The molecular weight excluding hydrogens is 258 g/mol. The number of carboxylic acid groups (broad SMARTS) is 1. The number of hydrogen-bond donors (Lipinski definition) is 1. The van der Waals surface area contributed by atoms with Crippen molar-refractivity contribution in [2.24, 2.45) is 5.92 Å². The van der Waals surface area contributed by atoms with Crippen molar-refractivity contribution >= 4 is 18.0 Å². The fourth-order valence-electron chi connectivity index (χ4n) is 2.18. The Balaban J connectivity index is 1.97. The second-order valence-corrected chi connectivity index (χ2v) is 4.72. The molecular formula is C15H17NO4. The van der Waals surface area contributed by atoms with Gasteiger partial charge in [-0.05, 0) is 30.2 Å². The average molecular weight is 275 g/mol. The summed E-state index contributed by atoms with van der Waals surface area (Å²) in [6.07, 6.45) is 3.70. The number of benzene rings is 1. The number of ether oxygens (including phenoxy) is 1. The molecule has 1 aromatic carbocycles. The zero-order chi connectivity index (χ0) is 14.5. The molecule has 0 aliphatic carbocycles. The van der Waals surface area contributed by atoms with E-state index in [0.717, 1.165) is 11.3 Å². The van der Waals surface area contributed by atoms with Crippen LogP contribution in [0.15, 0.2) is 30.3 Å². The third-order valence-corrected chi connectivity index (χ3v) is 3.36. The fraction of sp³-hybridized carbons (Fsp3) is 0.333. The molecule has 5 heteroatoms. The largest absolute Gasteiger partial charge is 0.497 e. The number of hydrogen-bond acceptors (Lipinski definition) is 3. The van der Waals surface area contributed by atoms with Gasteiger partial charge in [0.2, 0.25) is 5.91 Å². The van der Waals surface area contributed by atoms with Crippen LogP contribution in [-0.2, 0) is 9.59 Å². The molecule has 0 radical (unpaired) electrons. The van der Waals surface area contributed by atoms with Gasteiger partial charge in [-0.3, -0.25) is 9.59 Å². The van der Waals surface area contributed by atoms with Crippen LogP contribution in [0.5, 0.6) is 5.75 Å². The van der Waals surface area contributed by atoms with Crippen molar-refractivity contribution in [1.82, 2.24) is 4.90 Å². The lowest BCUT2D eigenvalue weighted by atomic mass is 10.1. The van der Waals surface area contributed by atoms with Gasteiger partial charge in [0.1, 0.15) is 5.75 Å². The van der Waals surface area contributed by atoms with E-state index >= 15 is 0 Å². The summed E-state index contributed by atoms with van der Waals surface area (Å²) in [5, 5.41) is 8.91. The van der Waals surface area contributed by atoms with Crippen molar-refractivity contribution in [1.29, 1.82) is 0 Å². The SMILES string of the molecule is COc1cccc(/C=C\C(=O)N2CC[C@@H](C(=O)O)C2)c1. The molecule has 1 heterocycles. The summed E-state index contributed by atoms with van der Waals surface area (Å²) in [5.41, 5.74) is 0.867. The van der Waals surface area contributed by atoms with Crippen LogP contribution in [0.2, 0.25) is 0 Å². The fourth-order valence-corrected chi connectivity index (χ4v) is 2.18. The van der Waals surface area contributed by atoms with Crippen molar-refractivity contribution in [3.05, 3.63) is 35.9 Å². The summed E-state index contributed by atoms with van der Waals surface area (Å²) < 4.78 is 5.11. The van der Waals surface area contributed by atoms with Crippen LogP contribution in [-0.4, -0.2) is 42.1 Å². The monoisotopic (exact) mass is 275 g/mol. The third kappa shape index (κ3) is 3.38. The van der Waals surface area contributed by atoms with E-state index in [1.54, 1.807) is 18.1 Å². The number of nitrogens with zero attached hydrogens (tertiary/aromatic N) is 1. The second-order valence-electron chi connectivity index (χ2n) is 4.72. The number of aliphatic carboxylic acids is 1. The zero-order valence-corrected chi connectivity index (χ0v) is 11.3. The maximum absolute atomic E-state index is 12.0. The highest BCUT2D eigenvalue weighted by Crippen LogP contribution is 2.17. The highest BCUT2D eigenvalue weighted by atomic mass is 16.5. The van der Waals surface area contributed by atoms with E-state index in [1.165, 1.54) is 6.08 Å². The van der Waals surface area contributed by atoms with E-state index < -0.39 is 11.9 Å². The lowest BCUT2D eigenvalue weighted by Gasteiger charge is -2.12. The van der Waals surface area contributed by atoms with Gasteiger partial charge in [-0.15, -0.1) is 0 Å². The van der Waals surface area contributed by atoms with Crippen molar-refractivity contribution < 1.29 is 19.4 Å². The number of amides is 1. The Bertz CT molecular complexity index is 538. The smallest absolute Gasteiger partial charge is 0.308 e. The van der Waals surface area contributed by atoms with Crippen molar-refractivity contribution in [3.63, 3.8) is 0 Å². The van der Waals surface area contributed by atoms with Gasteiger partial charge in [-0.1, -0.05) is 12.1 Å². The van der Waals surface area contributed by atoms with Crippen molar-refractivity contribution in [2.45, 2.75) is 6.42 Å². The van der Waals surface area contributed by atoms with E-state index in [9.17, 15) is 9.59 Å². The zero-order valence-electron chi connectivity index (χ0n) is 11.3. The van der Waals surface area contributed by atoms with Crippen LogP contribution >= 0.6 is 0 Å². The Morgan fingerprint density at radius 2 is 2.25 bits per heavy atom. The summed E-state index contributed by atoms with van der Waals surface area (Å²) >= 11 is 0. The van der Waals surface area contributed by atoms with E-state index in [4.69, 9.17) is 9.84 Å². The summed E-state index contributed by atoms with van der Waals surface area (Å²) in [6, 6.07) is 7.38. The standard InChI is InChI=1S/C15H17NO4/c1-20-13-4-2-3-11(9-13)5-6-14(17)16-8-7-12(10-16)15(18)19/h2-6,9,12H,7-8,10H2,1H3,(H,18,19)/b6-5-/t12-/m1/s1. The van der Waals surface area contributed by atoms with Gasteiger partial charge in [0, 0.05) is 19.2 Å². The van der Waals surface area contributed by atoms with Crippen LogP contribution < -0.4 is 4.74 Å². The summed E-state index contributed by atoms with van der Waals surface area (Å²) in [4.78, 5) is 24.4. The van der Waals surface area contributed by atoms with E-state index in [1.807, 2.05) is 24.3 Å². The third-order valence-electron chi connectivity index (χ3n) is 3.36. The van der Waals surface area contributed by atoms with E-state index in [-0.39, 0.29) is 12.5 Å². The van der Waals surface area contributed by atoms with Gasteiger partial charge in [-0.2, -0.15) is 0 Å². The molecule has 1 aromatic rings. The molecule has 1 fully saturated rings. The normalized spacial score (nSPS) is 18.4. The molecule has 0 spiro atoms. The quantitative estimate of drug-likeness (QED) is 0.848. The Hall–Kier alpha value is -2.30. The summed E-state index contributed by atoms with van der Waals surface area (Å²) in [6.45, 7) is 0.787. The first-order valence-corrected chi connectivity index (χ1v) is 6.44. The predicted molar refractivity (Wildman–Crippen MR) is 74.4 cm³/mol. The van der Waals surface area contributed by atoms with Crippen LogP contribution in [0.1, 0.15) is 12.0 Å². The number of carbonyl (C=O) groups is 2. The molecule has 106 valence electrons. The molecule has 0 aromatic heterocycles. The Morgan fingerprint density at radius 1 is 1.45 bits per heavy atom. The first-order valence-electron chi connectivity index (χ1n) is 6.44.